The topological polar surface area (TPSA) is 0 Å². The van der Waals surface area contributed by atoms with Crippen LogP contribution in [0.4, 0.5) is 4.39 Å². The molecule has 0 unspecified atom stereocenters. The lowest BCUT2D eigenvalue weighted by Crippen LogP contribution is -1.83. The minimum absolute atomic E-state index is 0.230. The van der Waals surface area contributed by atoms with Crippen LogP contribution in [0.1, 0.15) is 24.0 Å². The second kappa shape index (κ2) is 6.61. The third-order valence-electron chi connectivity index (χ3n) is 2.67. The van der Waals surface area contributed by atoms with Crippen molar-refractivity contribution >= 4 is 0 Å². The van der Waals surface area contributed by atoms with Crippen molar-refractivity contribution in [2.75, 3.05) is 0 Å². The van der Waals surface area contributed by atoms with E-state index in [9.17, 15) is 4.39 Å². The zero-order chi connectivity index (χ0) is 12.6. The van der Waals surface area contributed by atoms with E-state index in [1.807, 2.05) is 24.3 Å². The fourth-order valence-electron chi connectivity index (χ4n) is 1.76. The molecule has 18 heavy (non-hydrogen) atoms. The first-order valence-electron chi connectivity index (χ1n) is 6.13. The quantitative estimate of drug-likeness (QED) is 0.555. The Kier molecular flexibility index (Phi) is 4.55. The Morgan fingerprint density at radius 3 is 2.56 bits per heavy atom. The van der Waals surface area contributed by atoms with Crippen LogP contribution in [0.5, 0.6) is 0 Å². The first kappa shape index (κ1) is 12.4. The van der Waals surface area contributed by atoms with Gasteiger partial charge in [0, 0.05) is 12.0 Å². The van der Waals surface area contributed by atoms with Crippen LogP contribution in [0.3, 0.4) is 0 Å². The first-order chi connectivity index (χ1) is 8.84. The summed E-state index contributed by atoms with van der Waals surface area (Å²) in [5.74, 6) is 5.83. The molecule has 1 heteroatoms. The standard InChI is InChI=1S/C17H15F/c18-17-13-7-12-16(14-17)11-6-2-5-10-15-8-3-1-4-9-15/h1,3-4,7-9,12-14H,2,5,10H2. The van der Waals surface area contributed by atoms with Gasteiger partial charge in [0.15, 0.2) is 0 Å². The maximum Gasteiger partial charge on any atom is 0.124 e. The smallest absolute Gasteiger partial charge is 0.124 e. The highest BCUT2D eigenvalue weighted by Crippen LogP contribution is 2.05. The summed E-state index contributed by atoms with van der Waals surface area (Å²) in [5.41, 5.74) is 2.08. The Bertz CT molecular complexity index is 547. The van der Waals surface area contributed by atoms with Crippen LogP contribution in [0.2, 0.25) is 0 Å². The predicted octanol–water partition coefficient (Wildman–Crippen LogP) is 4.20. The monoisotopic (exact) mass is 238 g/mol. The van der Waals surface area contributed by atoms with E-state index in [0.717, 1.165) is 24.8 Å². The van der Waals surface area contributed by atoms with Gasteiger partial charge in [-0.15, -0.1) is 0 Å². The highest BCUT2D eigenvalue weighted by molar-refractivity contribution is 5.34. The molecule has 0 radical (unpaired) electrons. The maximum absolute atomic E-state index is 12.9. The number of aryl methyl sites for hydroxylation is 1. The Morgan fingerprint density at radius 1 is 0.944 bits per heavy atom. The first-order valence-corrected chi connectivity index (χ1v) is 6.13. The summed E-state index contributed by atoms with van der Waals surface area (Å²) in [6.07, 6.45) is 2.91. The largest absolute Gasteiger partial charge is 0.207 e. The SMILES string of the molecule is Fc1cccc(C#CCCCc2ccccc2)c1. The van der Waals surface area contributed by atoms with E-state index in [2.05, 4.69) is 24.0 Å². The summed E-state index contributed by atoms with van der Waals surface area (Å²) >= 11 is 0. The van der Waals surface area contributed by atoms with Gasteiger partial charge < -0.3 is 0 Å². The van der Waals surface area contributed by atoms with E-state index in [4.69, 9.17) is 0 Å². The second-order valence-corrected chi connectivity index (χ2v) is 4.15. The molecular formula is C17H15F. The van der Waals surface area contributed by atoms with Crippen LogP contribution < -0.4 is 0 Å². The third kappa shape index (κ3) is 4.07. The number of benzene rings is 2. The van der Waals surface area contributed by atoms with Crippen LogP contribution >= 0.6 is 0 Å². The van der Waals surface area contributed by atoms with Crippen molar-refractivity contribution in [1.29, 1.82) is 0 Å². The molecule has 0 atom stereocenters. The molecule has 0 aliphatic heterocycles. The van der Waals surface area contributed by atoms with E-state index >= 15 is 0 Å². The molecule has 0 heterocycles. The number of hydrogen-bond acceptors (Lipinski definition) is 0. The summed E-state index contributed by atoms with van der Waals surface area (Å²) in [7, 11) is 0. The molecule has 2 aromatic rings. The van der Waals surface area contributed by atoms with Gasteiger partial charge in [-0.1, -0.05) is 48.2 Å². The van der Waals surface area contributed by atoms with Gasteiger partial charge in [0.2, 0.25) is 0 Å². The van der Waals surface area contributed by atoms with Crippen LogP contribution in [0.15, 0.2) is 54.6 Å². The van der Waals surface area contributed by atoms with Gasteiger partial charge in [0.1, 0.15) is 5.82 Å². The van der Waals surface area contributed by atoms with E-state index in [-0.39, 0.29) is 5.82 Å². The third-order valence-corrected chi connectivity index (χ3v) is 2.67. The van der Waals surface area contributed by atoms with Crippen LogP contribution in [-0.2, 0) is 6.42 Å². The van der Waals surface area contributed by atoms with E-state index in [1.54, 1.807) is 6.07 Å². The molecule has 0 aliphatic rings. The minimum Gasteiger partial charge on any atom is -0.207 e. The van der Waals surface area contributed by atoms with E-state index in [1.165, 1.54) is 17.7 Å². The Morgan fingerprint density at radius 2 is 1.78 bits per heavy atom. The zero-order valence-corrected chi connectivity index (χ0v) is 10.2. The maximum atomic E-state index is 12.9. The molecular weight excluding hydrogens is 223 g/mol. The van der Waals surface area contributed by atoms with Gasteiger partial charge in [0.25, 0.3) is 0 Å². The van der Waals surface area contributed by atoms with Gasteiger partial charge in [-0.3, -0.25) is 0 Å². The number of unbranched alkanes of at least 4 members (excludes halogenated alkanes) is 1. The number of halogens is 1. The Balaban J connectivity index is 1.79. The van der Waals surface area contributed by atoms with Crippen molar-refractivity contribution in [3.63, 3.8) is 0 Å². The molecule has 90 valence electrons. The van der Waals surface area contributed by atoms with Crippen molar-refractivity contribution in [2.24, 2.45) is 0 Å². The predicted molar refractivity (Wildman–Crippen MR) is 72.7 cm³/mol. The summed E-state index contributed by atoms with van der Waals surface area (Å²) in [6, 6.07) is 16.8. The van der Waals surface area contributed by atoms with Gasteiger partial charge in [0.05, 0.1) is 0 Å². The summed E-state index contributed by atoms with van der Waals surface area (Å²) in [6.45, 7) is 0. The van der Waals surface area contributed by atoms with Gasteiger partial charge >= 0.3 is 0 Å². The highest BCUT2D eigenvalue weighted by atomic mass is 19.1. The van der Waals surface area contributed by atoms with Gasteiger partial charge in [-0.05, 0) is 36.6 Å². The van der Waals surface area contributed by atoms with E-state index in [0.29, 0.717) is 0 Å². The lowest BCUT2D eigenvalue weighted by atomic mass is 10.1. The number of hydrogen-bond donors (Lipinski definition) is 0. The van der Waals surface area contributed by atoms with Crippen molar-refractivity contribution < 1.29 is 4.39 Å². The van der Waals surface area contributed by atoms with Gasteiger partial charge in [-0.2, -0.15) is 0 Å². The molecule has 0 saturated heterocycles. The minimum atomic E-state index is -0.230. The molecule has 0 aromatic heterocycles. The lowest BCUT2D eigenvalue weighted by molar-refractivity contribution is 0.627. The molecule has 0 spiro atoms. The van der Waals surface area contributed by atoms with Gasteiger partial charge in [-0.25, -0.2) is 4.39 Å². The van der Waals surface area contributed by atoms with Crippen molar-refractivity contribution in [2.45, 2.75) is 19.3 Å². The van der Waals surface area contributed by atoms with Crippen molar-refractivity contribution in [3.8, 4) is 11.8 Å². The van der Waals surface area contributed by atoms with Crippen LogP contribution in [0, 0.1) is 17.7 Å². The Labute approximate surface area is 107 Å². The molecule has 0 nitrogen and oxygen atoms in total. The Hall–Kier alpha value is -2.07. The lowest BCUT2D eigenvalue weighted by Gasteiger charge is -1.96. The molecule has 0 N–H and O–H groups in total. The number of rotatable bonds is 3. The average molecular weight is 238 g/mol. The fraction of sp³-hybridized carbons (Fsp3) is 0.176. The molecule has 2 rings (SSSR count). The van der Waals surface area contributed by atoms with Crippen molar-refractivity contribution in [1.82, 2.24) is 0 Å². The average Bonchev–Trinajstić information content (AvgIpc) is 2.40. The van der Waals surface area contributed by atoms with E-state index < -0.39 is 0 Å². The zero-order valence-electron chi connectivity index (χ0n) is 10.2. The fourth-order valence-corrected chi connectivity index (χ4v) is 1.76. The normalized spacial score (nSPS) is 9.61. The molecule has 0 bridgehead atoms. The molecule has 2 aromatic carbocycles. The summed E-state index contributed by atoms with van der Waals surface area (Å²) < 4.78 is 12.9. The summed E-state index contributed by atoms with van der Waals surface area (Å²) in [5, 5.41) is 0. The molecule has 0 fully saturated rings. The molecule has 0 saturated carbocycles. The van der Waals surface area contributed by atoms with Crippen molar-refractivity contribution in [3.05, 3.63) is 71.5 Å². The highest BCUT2D eigenvalue weighted by Gasteiger charge is 1.91. The summed E-state index contributed by atoms with van der Waals surface area (Å²) in [4.78, 5) is 0. The van der Waals surface area contributed by atoms with Crippen LogP contribution in [-0.4, -0.2) is 0 Å². The second-order valence-electron chi connectivity index (χ2n) is 4.15. The van der Waals surface area contributed by atoms with Crippen LogP contribution in [0.25, 0.3) is 0 Å². The molecule has 0 amide bonds. The molecule has 0 aliphatic carbocycles.